The number of H-pyrrole nitrogens is 1. The number of piperazine rings is 1. The van der Waals surface area contributed by atoms with Crippen molar-refractivity contribution in [2.75, 3.05) is 42.9 Å². The number of quaternary nitrogens is 1. The van der Waals surface area contributed by atoms with Gasteiger partial charge in [0.1, 0.15) is 26.2 Å². The van der Waals surface area contributed by atoms with Crippen molar-refractivity contribution in [2.45, 2.75) is 13.8 Å². The number of nitrogens with zero attached hydrogens (tertiary/aromatic N) is 2. The van der Waals surface area contributed by atoms with Crippen molar-refractivity contribution in [2.24, 2.45) is 0 Å². The highest BCUT2D eigenvalue weighted by atomic mass is 16.6. The van der Waals surface area contributed by atoms with Gasteiger partial charge in [-0.1, -0.05) is 12.1 Å². The summed E-state index contributed by atoms with van der Waals surface area (Å²) in [5.74, 6) is 0.519. The summed E-state index contributed by atoms with van der Waals surface area (Å²) >= 11 is 0. The van der Waals surface area contributed by atoms with Gasteiger partial charge in [-0.3, -0.25) is 14.9 Å². The van der Waals surface area contributed by atoms with Crippen LogP contribution in [0.1, 0.15) is 11.1 Å². The van der Waals surface area contributed by atoms with E-state index in [9.17, 15) is 14.9 Å². The van der Waals surface area contributed by atoms with E-state index >= 15 is 0 Å². The summed E-state index contributed by atoms with van der Waals surface area (Å²) in [5.41, 5.74) is 3.16. The predicted octanol–water partition coefficient (Wildman–Crippen LogP) is 0.369. The third-order valence-electron chi connectivity index (χ3n) is 5.09. The first-order valence-corrected chi connectivity index (χ1v) is 9.05. The molecule has 0 unspecified atom stereocenters. The number of hydrogen-bond acceptors (Lipinski definition) is 4. The summed E-state index contributed by atoms with van der Waals surface area (Å²) in [5, 5.41) is 14.2. The van der Waals surface area contributed by atoms with Crippen LogP contribution < -0.4 is 20.1 Å². The van der Waals surface area contributed by atoms with Crippen LogP contribution >= 0.6 is 0 Å². The zero-order valence-corrected chi connectivity index (χ0v) is 15.6. The first kappa shape index (κ1) is 18.8. The molecule has 0 aliphatic carbocycles. The second-order valence-corrected chi connectivity index (χ2v) is 6.87. The van der Waals surface area contributed by atoms with Crippen molar-refractivity contribution in [1.82, 2.24) is 0 Å². The Hall–Kier alpha value is -3.00. The van der Waals surface area contributed by atoms with Crippen molar-refractivity contribution >= 4 is 23.1 Å². The molecule has 0 bridgehead atoms. The molecule has 1 amide bonds. The number of nitro groups is 1. The Balaban J connectivity index is 1.56. The molecule has 1 saturated heterocycles. The largest absolute Gasteiger partial charge is 0.357 e. The molecule has 2 heterocycles. The Morgan fingerprint density at radius 1 is 1.26 bits per heavy atom. The topological polar surface area (TPSA) is 94.1 Å². The number of amides is 1. The molecule has 1 aromatic carbocycles. The minimum Gasteiger partial charge on any atom is -0.321 e. The van der Waals surface area contributed by atoms with Gasteiger partial charge in [-0.05, 0) is 37.1 Å². The number of pyridine rings is 1. The number of anilines is 2. The van der Waals surface area contributed by atoms with Crippen LogP contribution in [-0.4, -0.2) is 43.6 Å². The lowest BCUT2D eigenvalue weighted by Crippen LogP contribution is -3.15. The average molecular weight is 371 g/mol. The highest BCUT2D eigenvalue weighted by Crippen LogP contribution is 2.21. The third-order valence-corrected chi connectivity index (χ3v) is 5.09. The van der Waals surface area contributed by atoms with Gasteiger partial charge in [0.15, 0.2) is 6.54 Å². The molecule has 0 atom stereocenters. The molecule has 0 saturated carbocycles. The summed E-state index contributed by atoms with van der Waals surface area (Å²) in [4.78, 5) is 29.4. The van der Waals surface area contributed by atoms with E-state index < -0.39 is 0 Å². The van der Waals surface area contributed by atoms with Crippen LogP contribution in [0, 0.1) is 24.0 Å². The minimum absolute atomic E-state index is 0.00981. The predicted molar refractivity (Wildman–Crippen MR) is 102 cm³/mol. The van der Waals surface area contributed by atoms with Crippen LogP contribution in [0.2, 0.25) is 0 Å². The van der Waals surface area contributed by atoms with Crippen molar-refractivity contribution in [1.29, 1.82) is 0 Å². The molecule has 27 heavy (non-hydrogen) atoms. The normalized spacial score (nSPS) is 14.8. The molecule has 3 N–H and O–H groups in total. The quantitative estimate of drug-likeness (QED) is 0.587. The number of hydrogen-bond donors (Lipinski definition) is 2. The van der Waals surface area contributed by atoms with Crippen molar-refractivity contribution < 1.29 is 19.6 Å². The van der Waals surface area contributed by atoms with E-state index in [4.69, 9.17) is 0 Å². The Kier molecular flexibility index (Phi) is 5.66. The highest BCUT2D eigenvalue weighted by molar-refractivity contribution is 5.92. The maximum absolute atomic E-state index is 12.4. The summed E-state index contributed by atoms with van der Waals surface area (Å²) in [7, 11) is 0. The first-order valence-electron chi connectivity index (χ1n) is 9.05. The molecule has 8 heteroatoms. The fraction of sp³-hybridized carbons (Fsp3) is 0.368. The van der Waals surface area contributed by atoms with E-state index in [1.54, 1.807) is 12.3 Å². The molecule has 142 valence electrons. The van der Waals surface area contributed by atoms with Gasteiger partial charge in [-0.15, -0.1) is 0 Å². The molecule has 1 fully saturated rings. The maximum Gasteiger partial charge on any atom is 0.357 e. The molecular weight excluding hydrogens is 346 g/mol. The van der Waals surface area contributed by atoms with Crippen molar-refractivity contribution in [3.63, 3.8) is 0 Å². The molecule has 1 aromatic heterocycles. The van der Waals surface area contributed by atoms with Gasteiger partial charge in [0.05, 0.1) is 11.1 Å². The number of carbonyl (C=O) groups is 1. The van der Waals surface area contributed by atoms with Crippen LogP contribution in [0.25, 0.3) is 0 Å². The van der Waals surface area contributed by atoms with Gasteiger partial charge >= 0.3 is 11.5 Å². The Bertz CT molecular complexity index is 847. The molecular formula is C19H25N5O3+2. The van der Waals surface area contributed by atoms with Crippen molar-refractivity contribution in [3.05, 3.63) is 57.8 Å². The molecule has 0 radical (unpaired) electrons. The zero-order chi connectivity index (χ0) is 19.4. The third kappa shape index (κ3) is 4.40. The second kappa shape index (κ2) is 8.13. The van der Waals surface area contributed by atoms with E-state index in [-0.39, 0.29) is 16.5 Å². The lowest BCUT2D eigenvalue weighted by atomic mass is 10.1. The number of carbonyl (C=O) groups excluding carboxylic acids is 1. The number of benzene rings is 1. The minimum atomic E-state index is -0.372. The molecule has 1 aliphatic rings. The fourth-order valence-electron chi connectivity index (χ4n) is 3.35. The summed E-state index contributed by atoms with van der Waals surface area (Å²) in [6.07, 6.45) is 1.69. The standard InChI is InChI=1S/C19H23N5O3/c1-14-5-3-6-16(15(14)2)21-18(25)13-22-9-11-23(12-10-22)19-17(24(26)27)7-4-8-20-19/h3-8H,9-13H2,1-2H3,(H,21,25)/p+2. The van der Waals surface area contributed by atoms with E-state index in [1.165, 1.54) is 11.0 Å². The monoisotopic (exact) mass is 371 g/mol. The number of aromatic nitrogens is 1. The van der Waals surface area contributed by atoms with Crippen LogP contribution in [0.4, 0.5) is 17.2 Å². The maximum atomic E-state index is 12.4. The van der Waals surface area contributed by atoms with Crippen LogP contribution in [0.5, 0.6) is 0 Å². The number of rotatable bonds is 5. The van der Waals surface area contributed by atoms with E-state index in [2.05, 4.69) is 10.3 Å². The highest BCUT2D eigenvalue weighted by Gasteiger charge is 2.33. The Morgan fingerprint density at radius 2 is 2.00 bits per heavy atom. The van der Waals surface area contributed by atoms with E-state index in [1.807, 2.05) is 36.9 Å². The van der Waals surface area contributed by atoms with Crippen LogP contribution in [0.3, 0.4) is 0 Å². The van der Waals surface area contributed by atoms with Gasteiger partial charge in [0.2, 0.25) is 0 Å². The summed E-state index contributed by atoms with van der Waals surface area (Å²) in [6.45, 7) is 7.23. The summed E-state index contributed by atoms with van der Waals surface area (Å²) in [6, 6.07) is 9.00. The van der Waals surface area contributed by atoms with E-state index in [0.29, 0.717) is 25.5 Å². The van der Waals surface area contributed by atoms with Gasteiger partial charge in [-0.25, -0.2) is 9.88 Å². The van der Waals surface area contributed by atoms with Gasteiger partial charge in [0, 0.05) is 11.8 Å². The lowest BCUT2D eigenvalue weighted by molar-refractivity contribution is -0.892. The van der Waals surface area contributed by atoms with E-state index in [0.717, 1.165) is 29.9 Å². The molecule has 1 aliphatic heterocycles. The van der Waals surface area contributed by atoms with Gasteiger partial charge in [0.25, 0.3) is 5.91 Å². The van der Waals surface area contributed by atoms with Crippen LogP contribution in [0.15, 0.2) is 36.5 Å². The second-order valence-electron chi connectivity index (χ2n) is 6.87. The molecule has 0 spiro atoms. The molecule has 3 rings (SSSR count). The van der Waals surface area contributed by atoms with Crippen LogP contribution in [-0.2, 0) is 4.79 Å². The number of aryl methyl sites for hydroxylation is 1. The fourth-order valence-corrected chi connectivity index (χ4v) is 3.35. The Morgan fingerprint density at radius 3 is 2.70 bits per heavy atom. The molecule has 2 aromatic rings. The van der Waals surface area contributed by atoms with Crippen molar-refractivity contribution in [3.8, 4) is 0 Å². The van der Waals surface area contributed by atoms with Gasteiger partial charge in [-0.2, -0.15) is 0 Å². The number of aromatic amines is 1. The molecule has 8 nitrogen and oxygen atoms in total. The average Bonchev–Trinajstić information content (AvgIpc) is 2.66. The SMILES string of the molecule is Cc1cccc(NC(=O)C[NH+]2CCN(c3[nH+]cccc3[N+](=O)[O-])CC2)c1C. The number of nitrogens with one attached hydrogen (secondary N) is 3. The van der Waals surface area contributed by atoms with Gasteiger partial charge < -0.3 is 10.2 Å². The zero-order valence-electron chi connectivity index (χ0n) is 15.6. The Labute approximate surface area is 158 Å². The smallest absolute Gasteiger partial charge is 0.321 e. The summed E-state index contributed by atoms with van der Waals surface area (Å²) < 4.78 is 0. The lowest BCUT2D eigenvalue weighted by Gasteiger charge is -2.27. The first-order chi connectivity index (χ1) is 13.0.